The van der Waals surface area contributed by atoms with E-state index >= 15 is 0 Å². The molecule has 1 aromatic heterocycles. The molecule has 29 heavy (non-hydrogen) atoms. The van der Waals surface area contributed by atoms with Gasteiger partial charge in [-0.1, -0.05) is 36.4 Å². The van der Waals surface area contributed by atoms with Crippen LogP contribution in [0.15, 0.2) is 60.8 Å². The fourth-order valence-electron chi connectivity index (χ4n) is 4.21. The zero-order chi connectivity index (χ0) is 20.2. The van der Waals surface area contributed by atoms with Crippen molar-refractivity contribution in [3.05, 3.63) is 71.9 Å². The van der Waals surface area contributed by atoms with Gasteiger partial charge in [0, 0.05) is 48.2 Å². The van der Waals surface area contributed by atoms with Gasteiger partial charge in [-0.2, -0.15) is 0 Å². The van der Waals surface area contributed by atoms with Crippen LogP contribution in [-0.4, -0.2) is 40.8 Å². The van der Waals surface area contributed by atoms with Crippen molar-refractivity contribution in [2.75, 3.05) is 13.1 Å². The third-order valence-corrected chi connectivity index (χ3v) is 5.80. The van der Waals surface area contributed by atoms with Gasteiger partial charge < -0.3 is 15.2 Å². The molecule has 1 saturated heterocycles. The molecule has 3 aromatic rings. The Morgan fingerprint density at radius 1 is 1.07 bits per heavy atom. The molecule has 0 radical (unpaired) electrons. The van der Waals surface area contributed by atoms with Crippen molar-refractivity contribution in [2.45, 2.75) is 38.1 Å². The van der Waals surface area contributed by atoms with Gasteiger partial charge in [0.2, 0.25) is 5.91 Å². The maximum absolute atomic E-state index is 12.7. The summed E-state index contributed by atoms with van der Waals surface area (Å²) in [4.78, 5) is 30.3. The van der Waals surface area contributed by atoms with E-state index in [4.69, 9.17) is 0 Å². The molecule has 4 rings (SSSR count). The third-order valence-electron chi connectivity index (χ3n) is 5.80. The van der Waals surface area contributed by atoms with Crippen LogP contribution in [0.5, 0.6) is 0 Å². The number of rotatable bonds is 5. The van der Waals surface area contributed by atoms with E-state index in [0.717, 1.165) is 25.9 Å². The lowest BCUT2D eigenvalue weighted by molar-refractivity contribution is -0.132. The van der Waals surface area contributed by atoms with Crippen molar-refractivity contribution in [1.82, 2.24) is 15.2 Å². The minimum atomic E-state index is -0.193. The summed E-state index contributed by atoms with van der Waals surface area (Å²) in [7, 11) is 0. The van der Waals surface area contributed by atoms with Gasteiger partial charge in [-0.25, -0.2) is 0 Å². The number of hydrogen-bond acceptors (Lipinski definition) is 2. The van der Waals surface area contributed by atoms with Crippen molar-refractivity contribution in [3.8, 4) is 0 Å². The lowest BCUT2D eigenvalue weighted by Gasteiger charge is -2.32. The molecule has 1 aliphatic rings. The molecular formula is C24H27N3O2. The maximum atomic E-state index is 12.7. The fourth-order valence-corrected chi connectivity index (χ4v) is 4.21. The number of likely N-dealkylation sites (tertiary alicyclic amines) is 1. The minimum absolute atomic E-state index is 0.114. The van der Waals surface area contributed by atoms with Gasteiger partial charge >= 0.3 is 0 Å². The Balaban J connectivity index is 1.29. The number of aromatic amines is 1. The molecule has 0 spiro atoms. The lowest BCUT2D eigenvalue weighted by atomic mass is 9.89. The number of carbonyl (C=O) groups is 2. The van der Waals surface area contributed by atoms with Crippen molar-refractivity contribution < 1.29 is 9.59 Å². The summed E-state index contributed by atoms with van der Waals surface area (Å²) in [6, 6.07) is 17.3. The molecule has 2 aromatic carbocycles. The van der Waals surface area contributed by atoms with E-state index < -0.39 is 0 Å². The summed E-state index contributed by atoms with van der Waals surface area (Å²) in [5.41, 5.74) is 3.14. The van der Waals surface area contributed by atoms with Crippen LogP contribution >= 0.6 is 0 Å². The van der Waals surface area contributed by atoms with E-state index in [0.29, 0.717) is 17.9 Å². The third kappa shape index (κ3) is 4.34. The smallest absolute Gasteiger partial charge is 0.251 e. The van der Waals surface area contributed by atoms with Gasteiger partial charge in [-0.05, 0) is 49.4 Å². The zero-order valence-electron chi connectivity index (χ0n) is 16.7. The molecule has 1 atom stereocenters. The number of amides is 2. The molecule has 0 aliphatic carbocycles. The van der Waals surface area contributed by atoms with Crippen LogP contribution in [0.1, 0.15) is 48.0 Å². The van der Waals surface area contributed by atoms with E-state index in [1.54, 1.807) is 12.1 Å². The van der Waals surface area contributed by atoms with Gasteiger partial charge in [0.05, 0.1) is 0 Å². The molecule has 2 N–H and O–H groups in total. The van der Waals surface area contributed by atoms with Crippen LogP contribution in [-0.2, 0) is 4.79 Å². The second kappa shape index (κ2) is 8.52. The van der Waals surface area contributed by atoms with E-state index in [1.807, 2.05) is 36.1 Å². The summed E-state index contributed by atoms with van der Waals surface area (Å²) in [5, 5.41) is 4.21. The van der Waals surface area contributed by atoms with E-state index in [1.165, 1.54) is 16.5 Å². The summed E-state index contributed by atoms with van der Waals surface area (Å²) in [6.45, 7) is 3.42. The molecule has 1 fully saturated rings. The SMILES string of the molecule is CC(CC(=O)N1CCC(c2c[nH]c3ccccc23)CC1)NC(=O)c1ccccc1. The Morgan fingerprint density at radius 3 is 2.52 bits per heavy atom. The number of benzene rings is 2. The van der Waals surface area contributed by atoms with Crippen molar-refractivity contribution in [1.29, 1.82) is 0 Å². The molecule has 150 valence electrons. The average Bonchev–Trinajstić information content (AvgIpc) is 3.18. The number of aromatic nitrogens is 1. The largest absolute Gasteiger partial charge is 0.361 e. The number of piperidine rings is 1. The number of nitrogens with one attached hydrogen (secondary N) is 2. The topological polar surface area (TPSA) is 65.2 Å². The quantitative estimate of drug-likeness (QED) is 0.690. The number of nitrogens with zero attached hydrogens (tertiary/aromatic N) is 1. The second-order valence-corrected chi connectivity index (χ2v) is 7.89. The van der Waals surface area contributed by atoms with Crippen LogP contribution in [0.3, 0.4) is 0 Å². The first kappa shape index (κ1) is 19.2. The zero-order valence-corrected chi connectivity index (χ0v) is 16.7. The summed E-state index contributed by atoms with van der Waals surface area (Å²) < 4.78 is 0. The first-order valence-corrected chi connectivity index (χ1v) is 10.3. The lowest BCUT2D eigenvalue weighted by Crippen LogP contribution is -2.42. The summed E-state index contributed by atoms with van der Waals surface area (Å²) in [6.07, 6.45) is 4.39. The maximum Gasteiger partial charge on any atom is 0.251 e. The van der Waals surface area contributed by atoms with Crippen molar-refractivity contribution in [3.63, 3.8) is 0 Å². The first-order chi connectivity index (χ1) is 14.1. The average molecular weight is 389 g/mol. The highest BCUT2D eigenvalue weighted by Crippen LogP contribution is 2.33. The predicted octanol–water partition coefficient (Wildman–Crippen LogP) is 4.08. The first-order valence-electron chi connectivity index (χ1n) is 10.3. The Bertz CT molecular complexity index is 988. The number of H-pyrrole nitrogens is 1. The van der Waals surface area contributed by atoms with Gasteiger partial charge in [0.25, 0.3) is 5.91 Å². The van der Waals surface area contributed by atoms with Crippen LogP contribution in [0.2, 0.25) is 0 Å². The van der Waals surface area contributed by atoms with E-state index in [2.05, 4.69) is 34.7 Å². The Hall–Kier alpha value is -3.08. The van der Waals surface area contributed by atoms with Crippen molar-refractivity contribution >= 4 is 22.7 Å². The molecule has 2 amide bonds. The summed E-state index contributed by atoms with van der Waals surface area (Å²) >= 11 is 0. The molecule has 0 saturated carbocycles. The molecular weight excluding hydrogens is 362 g/mol. The Labute approximate surface area is 171 Å². The highest BCUT2D eigenvalue weighted by molar-refractivity contribution is 5.94. The van der Waals surface area contributed by atoms with Crippen LogP contribution < -0.4 is 5.32 Å². The number of hydrogen-bond donors (Lipinski definition) is 2. The minimum Gasteiger partial charge on any atom is -0.361 e. The predicted molar refractivity (Wildman–Crippen MR) is 115 cm³/mol. The van der Waals surface area contributed by atoms with Crippen LogP contribution in [0, 0.1) is 0 Å². The Morgan fingerprint density at radius 2 is 1.76 bits per heavy atom. The Kier molecular flexibility index (Phi) is 5.65. The molecule has 5 heteroatoms. The molecule has 1 aliphatic heterocycles. The monoisotopic (exact) mass is 389 g/mol. The van der Waals surface area contributed by atoms with Crippen LogP contribution in [0.25, 0.3) is 10.9 Å². The van der Waals surface area contributed by atoms with Gasteiger partial charge in [0.1, 0.15) is 0 Å². The standard InChI is InChI=1S/C24H27N3O2/c1-17(26-24(29)19-7-3-2-4-8-19)15-23(28)27-13-11-18(12-14-27)21-16-25-22-10-6-5-9-20(21)22/h2-10,16-18,25H,11-15H2,1H3,(H,26,29). The molecule has 1 unspecified atom stereocenters. The highest BCUT2D eigenvalue weighted by atomic mass is 16.2. The number of para-hydroxylation sites is 1. The van der Waals surface area contributed by atoms with Gasteiger partial charge in [-0.15, -0.1) is 0 Å². The summed E-state index contributed by atoms with van der Waals surface area (Å²) in [5.74, 6) is 0.456. The molecule has 5 nitrogen and oxygen atoms in total. The van der Waals surface area contributed by atoms with Gasteiger partial charge in [-0.3, -0.25) is 9.59 Å². The van der Waals surface area contributed by atoms with Crippen LogP contribution in [0.4, 0.5) is 0 Å². The highest BCUT2D eigenvalue weighted by Gasteiger charge is 2.26. The number of fused-ring (bicyclic) bond motifs is 1. The normalized spacial score (nSPS) is 16.0. The molecule has 0 bridgehead atoms. The van der Waals surface area contributed by atoms with E-state index in [-0.39, 0.29) is 17.9 Å². The van der Waals surface area contributed by atoms with Gasteiger partial charge in [0.15, 0.2) is 0 Å². The number of carbonyl (C=O) groups excluding carboxylic acids is 2. The van der Waals surface area contributed by atoms with Crippen molar-refractivity contribution in [2.24, 2.45) is 0 Å². The molecule has 2 heterocycles. The van der Waals surface area contributed by atoms with E-state index in [9.17, 15) is 9.59 Å². The fraction of sp³-hybridized carbons (Fsp3) is 0.333. The second-order valence-electron chi connectivity index (χ2n) is 7.89.